The van der Waals surface area contributed by atoms with Gasteiger partial charge in [-0.1, -0.05) is 64.7 Å². The van der Waals surface area contributed by atoms with Gasteiger partial charge in [-0.25, -0.2) is 4.18 Å². The summed E-state index contributed by atoms with van der Waals surface area (Å²) in [6.07, 6.45) is 12.3. The van der Waals surface area contributed by atoms with Crippen LogP contribution in [0.2, 0.25) is 0 Å². The smallest absolute Gasteiger partial charge is 0.374 e. The van der Waals surface area contributed by atoms with Crippen LogP contribution in [-0.4, -0.2) is 52.3 Å². The first-order valence-electron chi connectivity index (χ1n) is 9.92. The monoisotopic (exact) mass is 398 g/mol. The lowest BCUT2D eigenvalue weighted by molar-refractivity contribution is -0.171. The Kier molecular flexibility index (Phi) is 18.0. The van der Waals surface area contributed by atoms with Gasteiger partial charge in [-0.2, -0.15) is 8.42 Å². The van der Waals surface area contributed by atoms with Gasteiger partial charge in [0, 0.05) is 13.2 Å². The molecule has 7 nitrogen and oxygen atoms in total. The number of ether oxygens (including phenoxy) is 3. The Morgan fingerprint density at radius 1 is 0.769 bits per heavy atom. The molecule has 0 aliphatic rings. The van der Waals surface area contributed by atoms with Gasteiger partial charge in [-0.05, 0) is 13.3 Å². The molecule has 0 aromatic heterocycles. The van der Waals surface area contributed by atoms with Crippen molar-refractivity contribution < 1.29 is 31.4 Å². The molecule has 26 heavy (non-hydrogen) atoms. The van der Waals surface area contributed by atoms with Gasteiger partial charge < -0.3 is 14.2 Å². The van der Waals surface area contributed by atoms with E-state index in [0.29, 0.717) is 13.2 Å². The summed E-state index contributed by atoms with van der Waals surface area (Å²) in [5.74, 6) is 0. The molecule has 0 aromatic rings. The van der Waals surface area contributed by atoms with E-state index in [1.807, 2.05) is 6.92 Å². The first-order chi connectivity index (χ1) is 12.5. The number of hydrogen-bond donors (Lipinski definition) is 1. The molecule has 0 amide bonds. The van der Waals surface area contributed by atoms with Crippen LogP contribution in [0.15, 0.2) is 0 Å². The third-order valence-corrected chi connectivity index (χ3v) is 4.33. The first kappa shape index (κ1) is 25.8. The minimum Gasteiger partial charge on any atom is -0.374 e. The Hall–Kier alpha value is -0.250. The maximum absolute atomic E-state index is 10.4. The molecular formula is C18H38O7S. The van der Waals surface area contributed by atoms with E-state index in [2.05, 4.69) is 11.1 Å². The van der Waals surface area contributed by atoms with Crippen molar-refractivity contribution in [1.29, 1.82) is 0 Å². The molecule has 0 aliphatic carbocycles. The van der Waals surface area contributed by atoms with E-state index in [4.69, 9.17) is 18.8 Å². The molecule has 0 bridgehead atoms. The molecular weight excluding hydrogens is 360 g/mol. The van der Waals surface area contributed by atoms with Crippen LogP contribution >= 0.6 is 0 Å². The van der Waals surface area contributed by atoms with E-state index < -0.39 is 16.7 Å². The maximum Gasteiger partial charge on any atom is 0.397 e. The van der Waals surface area contributed by atoms with Crippen LogP contribution in [0.5, 0.6) is 0 Å². The highest BCUT2D eigenvalue weighted by Crippen LogP contribution is 2.10. The minimum absolute atomic E-state index is 0.0327. The SMILES string of the molecule is CCCCCCCCCCCCOC(COCCOS(=O)(=O)O)OCC. The zero-order chi connectivity index (χ0) is 19.5. The van der Waals surface area contributed by atoms with Gasteiger partial charge in [-0.3, -0.25) is 4.55 Å². The minimum atomic E-state index is -4.41. The summed E-state index contributed by atoms with van der Waals surface area (Å²) in [5, 5.41) is 0. The van der Waals surface area contributed by atoms with Crippen molar-refractivity contribution >= 4 is 10.4 Å². The summed E-state index contributed by atoms with van der Waals surface area (Å²) in [5.41, 5.74) is 0. The van der Waals surface area contributed by atoms with Crippen LogP contribution in [0.25, 0.3) is 0 Å². The van der Waals surface area contributed by atoms with E-state index in [9.17, 15) is 8.42 Å². The largest absolute Gasteiger partial charge is 0.397 e. The molecule has 1 atom stereocenters. The normalized spacial score (nSPS) is 13.2. The van der Waals surface area contributed by atoms with Gasteiger partial charge >= 0.3 is 10.4 Å². The van der Waals surface area contributed by atoms with Crippen LogP contribution in [0, 0.1) is 0 Å². The summed E-state index contributed by atoms with van der Waals surface area (Å²) in [7, 11) is -4.41. The average Bonchev–Trinajstić information content (AvgIpc) is 2.58. The second kappa shape index (κ2) is 18.1. The summed E-state index contributed by atoms with van der Waals surface area (Å²) in [6.45, 7) is 5.22. The summed E-state index contributed by atoms with van der Waals surface area (Å²) in [4.78, 5) is 0. The van der Waals surface area contributed by atoms with Crippen LogP contribution in [0.3, 0.4) is 0 Å². The van der Waals surface area contributed by atoms with Gasteiger partial charge in [0.15, 0.2) is 6.29 Å². The van der Waals surface area contributed by atoms with E-state index in [0.717, 1.165) is 12.8 Å². The lowest BCUT2D eigenvalue weighted by Crippen LogP contribution is -2.25. The Bertz CT molecular complexity index is 387. The van der Waals surface area contributed by atoms with E-state index >= 15 is 0 Å². The van der Waals surface area contributed by atoms with E-state index in [1.54, 1.807) is 0 Å². The molecule has 0 radical (unpaired) electrons. The van der Waals surface area contributed by atoms with Crippen molar-refractivity contribution in [2.45, 2.75) is 84.3 Å². The third-order valence-electron chi connectivity index (χ3n) is 3.87. The molecule has 1 N–H and O–H groups in total. The van der Waals surface area contributed by atoms with Crippen molar-refractivity contribution in [3.63, 3.8) is 0 Å². The van der Waals surface area contributed by atoms with Gasteiger partial charge in [0.2, 0.25) is 0 Å². The predicted molar refractivity (Wildman–Crippen MR) is 102 cm³/mol. The quantitative estimate of drug-likeness (QED) is 0.187. The van der Waals surface area contributed by atoms with Crippen LogP contribution in [0.4, 0.5) is 0 Å². The average molecular weight is 399 g/mol. The Morgan fingerprint density at radius 2 is 1.35 bits per heavy atom. The second-order valence-corrected chi connectivity index (χ2v) is 7.35. The summed E-state index contributed by atoms with van der Waals surface area (Å²) in [6, 6.07) is 0. The van der Waals surface area contributed by atoms with Crippen molar-refractivity contribution in [2.75, 3.05) is 33.0 Å². The number of hydrogen-bond acceptors (Lipinski definition) is 6. The molecule has 0 rings (SSSR count). The highest BCUT2D eigenvalue weighted by Gasteiger charge is 2.10. The Labute approximate surface area is 159 Å². The lowest BCUT2D eigenvalue weighted by atomic mass is 10.1. The molecule has 0 saturated heterocycles. The van der Waals surface area contributed by atoms with Gasteiger partial charge in [0.25, 0.3) is 0 Å². The topological polar surface area (TPSA) is 91.3 Å². The van der Waals surface area contributed by atoms with Gasteiger partial charge in [0.05, 0.1) is 19.8 Å². The fourth-order valence-corrected chi connectivity index (χ4v) is 2.79. The first-order valence-corrected chi connectivity index (χ1v) is 11.3. The molecule has 0 spiro atoms. The highest BCUT2D eigenvalue weighted by molar-refractivity contribution is 7.80. The van der Waals surface area contributed by atoms with E-state index in [-0.39, 0.29) is 19.8 Å². The fraction of sp³-hybridized carbons (Fsp3) is 1.00. The van der Waals surface area contributed by atoms with Crippen LogP contribution in [0.1, 0.15) is 78.1 Å². The summed E-state index contributed by atoms with van der Waals surface area (Å²) < 4.78 is 49.7. The molecule has 8 heteroatoms. The molecule has 1 unspecified atom stereocenters. The molecule has 0 fully saturated rings. The van der Waals surface area contributed by atoms with Crippen LogP contribution < -0.4 is 0 Å². The molecule has 0 aromatic carbocycles. The number of rotatable bonds is 20. The molecule has 0 heterocycles. The van der Waals surface area contributed by atoms with Crippen molar-refractivity contribution in [1.82, 2.24) is 0 Å². The third kappa shape index (κ3) is 20.1. The zero-order valence-corrected chi connectivity index (χ0v) is 17.3. The van der Waals surface area contributed by atoms with Gasteiger partial charge in [0.1, 0.15) is 0 Å². The van der Waals surface area contributed by atoms with Crippen molar-refractivity contribution in [3.8, 4) is 0 Å². The van der Waals surface area contributed by atoms with Crippen molar-refractivity contribution in [2.24, 2.45) is 0 Å². The fourth-order valence-electron chi connectivity index (χ4n) is 2.51. The van der Waals surface area contributed by atoms with Crippen LogP contribution in [-0.2, 0) is 28.8 Å². The lowest BCUT2D eigenvalue weighted by Gasteiger charge is -2.17. The summed E-state index contributed by atoms with van der Waals surface area (Å²) >= 11 is 0. The molecule has 0 aliphatic heterocycles. The van der Waals surface area contributed by atoms with Gasteiger partial charge in [-0.15, -0.1) is 0 Å². The number of unbranched alkanes of at least 4 members (excludes halogenated alkanes) is 9. The Morgan fingerprint density at radius 3 is 1.88 bits per heavy atom. The van der Waals surface area contributed by atoms with E-state index in [1.165, 1.54) is 51.4 Å². The Balaban J connectivity index is 3.50. The second-order valence-electron chi connectivity index (χ2n) is 6.26. The highest BCUT2D eigenvalue weighted by atomic mass is 32.3. The molecule has 158 valence electrons. The van der Waals surface area contributed by atoms with Crippen molar-refractivity contribution in [3.05, 3.63) is 0 Å². The maximum atomic E-state index is 10.4. The predicted octanol–water partition coefficient (Wildman–Crippen LogP) is 4.12. The zero-order valence-electron chi connectivity index (χ0n) is 16.5. The molecule has 0 saturated carbocycles. The standard InChI is InChI=1S/C18H38O7S/c1-3-5-6-7-8-9-10-11-12-13-14-24-18(23-4-2)17-22-15-16-25-26(19,20)21/h18H,3-17H2,1-2H3,(H,19,20,21).